The highest BCUT2D eigenvalue weighted by Crippen LogP contribution is 2.24. The molecule has 3 N–H and O–H groups in total. The van der Waals surface area contributed by atoms with Gasteiger partial charge in [0.25, 0.3) is 11.8 Å². The van der Waals surface area contributed by atoms with Crippen LogP contribution in [0.1, 0.15) is 73.1 Å². The molecule has 0 heterocycles. The fraction of sp³-hybridized carbons (Fsp3) is 0.423. The van der Waals surface area contributed by atoms with Crippen molar-refractivity contribution in [1.82, 2.24) is 10.6 Å². The van der Waals surface area contributed by atoms with Crippen molar-refractivity contribution in [3.8, 4) is 5.75 Å². The Morgan fingerprint density at radius 2 is 1.76 bits per heavy atom. The normalized spacial score (nSPS) is 13.9. The van der Waals surface area contributed by atoms with Crippen LogP contribution < -0.4 is 20.7 Å². The summed E-state index contributed by atoms with van der Waals surface area (Å²) in [5.74, 6) is 0.600. The van der Waals surface area contributed by atoms with E-state index in [1.54, 1.807) is 36.4 Å². The largest absolute Gasteiger partial charge is 0.493 e. The maximum atomic E-state index is 12.9. The van der Waals surface area contributed by atoms with Crippen molar-refractivity contribution < 1.29 is 14.3 Å². The first-order chi connectivity index (χ1) is 16.3. The quantitative estimate of drug-likeness (QED) is 0.351. The van der Waals surface area contributed by atoms with Gasteiger partial charge in [0.1, 0.15) is 5.75 Å². The number of thiocarbonyl (C=S) groups is 1. The highest BCUT2D eigenvalue weighted by atomic mass is 79.9. The van der Waals surface area contributed by atoms with Gasteiger partial charge in [-0.1, -0.05) is 49.0 Å². The van der Waals surface area contributed by atoms with Crippen LogP contribution in [0.2, 0.25) is 0 Å². The minimum absolute atomic E-state index is 0.0611. The summed E-state index contributed by atoms with van der Waals surface area (Å²) in [5, 5.41) is 8.98. The van der Waals surface area contributed by atoms with Crippen LogP contribution in [0.25, 0.3) is 0 Å². The molecule has 0 atom stereocenters. The number of amides is 2. The molecule has 2 aromatic carbocycles. The first-order valence-electron chi connectivity index (χ1n) is 11.8. The SMILES string of the molecule is CC(C)CCOc1ccc(Br)cc1C(=O)NC(=S)Nc1ccc(C(=O)NC2CCCCC2)cc1. The van der Waals surface area contributed by atoms with Gasteiger partial charge in [-0.05, 0) is 79.9 Å². The molecule has 0 unspecified atom stereocenters. The molecule has 0 aromatic heterocycles. The van der Waals surface area contributed by atoms with Gasteiger partial charge in [0.2, 0.25) is 0 Å². The second-order valence-electron chi connectivity index (χ2n) is 8.97. The van der Waals surface area contributed by atoms with E-state index >= 15 is 0 Å². The van der Waals surface area contributed by atoms with Crippen LogP contribution >= 0.6 is 28.1 Å². The Labute approximate surface area is 215 Å². The molecule has 8 heteroatoms. The monoisotopic (exact) mass is 545 g/mol. The van der Waals surface area contributed by atoms with Gasteiger partial charge in [0, 0.05) is 21.8 Å². The van der Waals surface area contributed by atoms with Gasteiger partial charge in [-0.15, -0.1) is 0 Å². The zero-order valence-corrected chi connectivity index (χ0v) is 22.1. The zero-order valence-electron chi connectivity index (χ0n) is 19.7. The van der Waals surface area contributed by atoms with Gasteiger partial charge in [-0.3, -0.25) is 14.9 Å². The molecule has 0 spiro atoms. The number of ether oxygens (including phenoxy) is 1. The van der Waals surface area contributed by atoms with E-state index in [1.807, 2.05) is 6.07 Å². The van der Waals surface area contributed by atoms with E-state index in [-0.39, 0.29) is 23.0 Å². The molecule has 1 saturated carbocycles. The first kappa shape index (κ1) is 26.2. The number of nitrogens with one attached hydrogen (secondary N) is 3. The Bertz CT molecular complexity index is 1000. The van der Waals surface area contributed by atoms with Crippen LogP contribution in [0.15, 0.2) is 46.9 Å². The van der Waals surface area contributed by atoms with Gasteiger partial charge < -0.3 is 15.4 Å². The topological polar surface area (TPSA) is 79.5 Å². The summed E-state index contributed by atoms with van der Waals surface area (Å²) in [4.78, 5) is 25.3. The standard InChI is InChI=1S/C26H32BrN3O3S/c1-17(2)14-15-33-23-13-10-19(27)16-22(23)25(32)30-26(34)29-21-11-8-18(9-12-21)24(31)28-20-6-4-3-5-7-20/h8-13,16-17,20H,3-7,14-15H2,1-2H3,(H,28,31)(H2,29,30,32,34). The summed E-state index contributed by atoms with van der Waals surface area (Å²) in [5.41, 5.74) is 1.68. The van der Waals surface area contributed by atoms with Gasteiger partial charge >= 0.3 is 0 Å². The van der Waals surface area contributed by atoms with Crippen LogP contribution in [0.3, 0.4) is 0 Å². The molecule has 1 aliphatic carbocycles. The lowest BCUT2D eigenvalue weighted by atomic mass is 9.95. The second kappa shape index (κ2) is 12.9. The van der Waals surface area contributed by atoms with E-state index in [1.165, 1.54) is 19.3 Å². The Kier molecular flexibility index (Phi) is 9.89. The Morgan fingerprint density at radius 3 is 2.44 bits per heavy atom. The molecule has 3 rings (SSSR count). The molecule has 6 nitrogen and oxygen atoms in total. The summed E-state index contributed by atoms with van der Waals surface area (Å²) >= 11 is 8.74. The maximum absolute atomic E-state index is 12.9. The van der Waals surface area contributed by atoms with Crippen LogP contribution in [0, 0.1) is 5.92 Å². The number of halogens is 1. The number of carbonyl (C=O) groups is 2. The van der Waals surface area contributed by atoms with E-state index in [0.29, 0.717) is 35.1 Å². The van der Waals surface area contributed by atoms with E-state index in [9.17, 15) is 9.59 Å². The third kappa shape index (κ3) is 8.09. The average Bonchev–Trinajstić information content (AvgIpc) is 2.80. The Hall–Kier alpha value is -2.45. The molecule has 2 amide bonds. The lowest BCUT2D eigenvalue weighted by molar-refractivity contribution is 0.0926. The lowest BCUT2D eigenvalue weighted by Gasteiger charge is -2.22. The highest BCUT2D eigenvalue weighted by Gasteiger charge is 2.17. The van der Waals surface area contributed by atoms with Gasteiger partial charge in [-0.2, -0.15) is 0 Å². The summed E-state index contributed by atoms with van der Waals surface area (Å²) in [6.07, 6.45) is 6.57. The van der Waals surface area contributed by atoms with Crippen molar-refractivity contribution in [3.05, 3.63) is 58.1 Å². The predicted molar refractivity (Wildman–Crippen MR) is 144 cm³/mol. The van der Waals surface area contributed by atoms with Crippen LogP contribution in [-0.2, 0) is 0 Å². The summed E-state index contributed by atoms with van der Waals surface area (Å²) < 4.78 is 6.60. The molecule has 0 bridgehead atoms. The number of rotatable bonds is 8. The zero-order chi connectivity index (χ0) is 24.5. The number of carbonyl (C=O) groups excluding carboxylic acids is 2. The van der Waals surface area contributed by atoms with Crippen molar-refractivity contribution in [1.29, 1.82) is 0 Å². The fourth-order valence-corrected chi connectivity index (χ4v) is 4.34. The lowest BCUT2D eigenvalue weighted by Crippen LogP contribution is -2.36. The highest BCUT2D eigenvalue weighted by molar-refractivity contribution is 9.10. The second-order valence-corrected chi connectivity index (χ2v) is 10.3. The van der Waals surface area contributed by atoms with E-state index < -0.39 is 0 Å². The van der Waals surface area contributed by atoms with Gasteiger partial charge in [-0.25, -0.2) is 0 Å². The number of benzene rings is 2. The smallest absolute Gasteiger partial charge is 0.261 e. The molecular formula is C26H32BrN3O3S. The molecule has 1 fully saturated rings. The van der Waals surface area contributed by atoms with Crippen molar-refractivity contribution in [2.45, 2.75) is 58.4 Å². The van der Waals surface area contributed by atoms with E-state index in [0.717, 1.165) is 23.7 Å². The summed E-state index contributed by atoms with van der Waals surface area (Å²) in [6.45, 7) is 4.78. The van der Waals surface area contributed by atoms with Crippen LogP contribution in [-0.4, -0.2) is 29.6 Å². The molecule has 0 saturated heterocycles. The molecule has 2 aromatic rings. The van der Waals surface area contributed by atoms with Crippen molar-refractivity contribution >= 4 is 50.8 Å². The molecule has 0 aliphatic heterocycles. The average molecular weight is 547 g/mol. The predicted octanol–water partition coefficient (Wildman–Crippen LogP) is 6.06. The third-order valence-electron chi connectivity index (χ3n) is 5.71. The maximum Gasteiger partial charge on any atom is 0.261 e. The summed E-state index contributed by atoms with van der Waals surface area (Å²) in [6, 6.07) is 12.6. The number of anilines is 1. The van der Waals surface area contributed by atoms with Crippen molar-refractivity contribution in [2.24, 2.45) is 5.92 Å². The number of hydrogen-bond acceptors (Lipinski definition) is 4. The molecule has 0 radical (unpaired) electrons. The van der Waals surface area contributed by atoms with E-state index in [2.05, 4.69) is 45.7 Å². The van der Waals surface area contributed by atoms with Crippen molar-refractivity contribution in [2.75, 3.05) is 11.9 Å². The minimum atomic E-state index is -0.359. The first-order valence-corrected chi connectivity index (χ1v) is 13.0. The molecule has 182 valence electrons. The third-order valence-corrected chi connectivity index (χ3v) is 6.41. The Balaban J connectivity index is 1.55. The number of hydrogen-bond donors (Lipinski definition) is 3. The minimum Gasteiger partial charge on any atom is -0.493 e. The Morgan fingerprint density at radius 1 is 1.06 bits per heavy atom. The van der Waals surface area contributed by atoms with Crippen molar-refractivity contribution in [3.63, 3.8) is 0 Å². The molecule has 34 heavy (non-hydrogen) atoms. The molecule has 1 aliphatic rings. The van der Waals surface area contributed by atoms with Crippen LogP contribution in [0.4, 0.5) is 5.69 Å². The summed E-state index contributed by atoms with van der Waals surface area (Å²) in [7, 11) is 0. The molecular weight excluding hydrogens is 514 g/mol. The fourth-order valence-electron chi connectivity index (χ4n) is 3.76. The van der Waals surface area contributed by atoms with E-state index in [4.69, 9.17) is 17.0 Å². The van der Waals surface area contributed by atoms with Gasteiger partial charge in [0.05, 0.1) is 12.2 Å². The van der Waals surface area contributed by atoms with Crippen LogP contribution in [0.5, 0.6) is 5.75 Å². The van der Waals surface area contributed by atoms with Gasteiger partial charge in [0.15, 0.2) is 5.11 Å².